The highest BCUT2D eigenvalue weighted by Crippen LogP contribution is 2.13. The molecule has 0 radical (unpaired) electrons. The van der Waals surface area contributed by atoms with Crippen LogP contribution in [0.4, 0.5) is 0 Å². The Kier molecular flexibility index (Phi) is 6.21. The van der Waals surface area contributed by atoms with Crippen molar-refractivity contribution in [3.63, 3.8) is 0 Å². The maximum absolute atomic E-state index is 12.0. The van der Waals surface area contributed by atoms with Gasteiger partial charge in [-0.25, -0.2) is 0 Å². The lowest BCUT2D eigenvalue weighted by Gasteiger charge is -2.18. The summed E-state index contributed by atoms with van der Waals surface area (Å²) in [6.07, 6.45) is 3.89. The Balaban J connectivity index is 1.73. The van der Waals surface area contributed by atoms with Crippen LogP contribution < -0.4 is 11.1 Å². The summed E-state index contributed by atoms with van der Waals surface area (Å²) in [5.41, 5.74) is 7.24. The first-order valence-electron chi connectivity index (χ1n) is 8.01. The van der Waals surface area contributed by atoms with E-state index in [0.717, 1.165) is 45.3 Å². The fourth-order valence-electron chi connectivity index (χ4n) is 2.80. The summed E-state index contributed by atoms with van der Waals surface area (Å²) < 4.78 is 0. The van der Waals surface area contributed by atoms with Crippen LogP contribution in [-0.2, 0) is 11.3 Å². The highest BCUT2D eigenvalue weighted by Gasteiger charge is 2.25. The number of unbranched alkanes of at least 4 members (excludes halogenated alkanes) is 1. The molecule has 1 saturated heterocycles. The second-order valence-corrected chi connectivity index (χ2v) is 5.96. The number of nitrogens with zero attached hydrogens (tertiary/aromatic N) is 1. The SMILES string of the molecule is CCCCC(N)C(=O)NC1CCN(Cc2ccccc2)C1. The van der Waals surface area contributed by atoms with Crippen LogP contribution in [0.15, 0.2) is 30.3 Å². The van der Waals surface area contributed by atoms with E-state index in [1.54, 1.807) is 0 Å². The maximum atomic E-state index is 12.0. The Hall–Kier alpha value is -1.39. The minimum atomic E-state index is -0.354. The molecule has 0 bridgehead atoms. The molecule has 0 saturated carbocycles. The molecule has 1 aromatic rings. The highest BCUT2D eigenvalue weighted by molar-refractivity contribution is 5.81. The number of rotatable bonds is 7. The van der Waals surface area contributed by atoms with Crippen LogP contribution >= 0.6 is 0 Å². The van der Waals surface area contributed by atoms with Crippen molar-refractivity contribution in [1.29, 1.82) is 0 Å². The molecule has 0 aromatic heterocycles. The summed E-state index contributed by atoms with van der Waals surface area (Å²) in [4.78, 5) is 14.4. The van der Waals surface area contributed by atoms with Gasteiger partial charge in [0.2, 0.25) is 5.91 Å². The maximum Gasteiger partial charge on any atom is 0.237 e. The molecular formula is C17H27N3O. The minimum absolute atomic E-state index is 0.00927. The number of nitrogens with one attached hydrogen (secondary N) is 1. The molecule has 3 N–H and O–H groups in total. The first kappa shape index (κ1) is 16.0. The summed E-state index contributed by atoms with van der Waals surface area (Å²) in [7, 11) is 0. The molecule has 2 rings (SSSR count). The van der Waals surface area contributed by atoms with Crippen molar-refractivity contribution >= 4 is 5.91 Å². The number of amides is 1. The van der Waals surface area contributed by atoms with Crippen LogP contribution in [-0.4, -0.2) is 36.0 Å². The molecule has 21 heavy (non-hydrogen) atoms. The average Bonchev–Trinajstić information content (AvgIpc) is 2.92. The van der Waals surface area contributed by atoms with Crippen LogP contribution in [0.25, 0.3) is 0 Å². The zero-order chi connectivity index (χ0) is 15.1. The normalized spacial score (nSPS) is 20.4. The average molecular weight is 289 g/mol. The number of hydrogen-bond acceptors (Lipinski definition) is 3. The monoisotopic (exact) mass is 289 g/mol. The van der Waals surface area contributed by atoms with Crippen molar-refractivity contribution < 1.29 is 4.79 Å². The molecule has 1 aromatic carbocycles. The van der Waals surface area contributed by atoms with Gasteiger partial charge >= 0.3 is 0 Å². The van der Waals surface area contributed by atoms with Crippen LogP contribution in [0, 0.1) is 0 Å². The number of carbonyl (C=O) groups excluding carboxylic acids is 1. The van der Waals surface area contributed by atoms with Crippen LogP contribution in [0.5, 0.6) is 0 Å². The Morgan fingerprint density at radius 1 is 1.43 bits per heavy atom. The summed E-state index contributed by atoms with van der Waals surface area (Å²) in [6, 6.07) is 10.4. The molecule has 1 heterocycles. The van der Waals surface area contributed by atoms with Gasteiger partial charge in [0.15, 0.2) is 0 Å². The Labute approximate surface area is 127 Å². The van der Waals surface area contributed by atoms with Gasteiger partial charge < -0.3 is 11.1 Å². The predicted octanol–water partition coefficient (Wildman–Crippen LogP) is 1.89. The Morgan fingerprint density at radius 2 is 2.19 bits per heavy atom. The van der Waals surface area contributed by atoms with Crippen molar-refractivity contribution in [2.75, 3.05) is 13.1 Å². The fraction of sp³-hybridized carbons (Fsp3) is 0.588. The molecule has 1 fully saturated rings. The van der Waals surface area contributed by atoms with Crippen molar-refractivity contribution in [2.24, 2.45) is 5.73 Å². The smallest absolute Gasteiger partial charge is 0.237 e. The fourth-order valence-corrected chi connectivity index (χ4v) is 2.80. The van der Waals surface area contributed by atoms with E-state index in [2.05, 4.69) is 41.4 Å². The van der Waals surface area contributed by atoms with E-state index in [1.165, 1.54) is 5.56 Å². The molecule has 1 aliphatic heterocycles. The van der Waals surface area contributed by atoms with Crippen molar-refractivity contribution in [2.45, 2.75) is 51.2 Å². The molecule has 4 nitrogen and oxygen atoms in total. The van der Waals surface area contributed by atoms with Crippen LogP contribution in [0.1, 0.15) is 38.2 Å². The third kappa shape index (κ3) is 5.14. The van der Waals surface area contributed by atoms with Gasteiger partial charge in [0.1, 0.15) is 0 Å². The molecule has 4 heteroatoms. The van der Waals surface area contributed by atoms with E-state index < -0.39 is 0 Å². The molecule has 0 aliphatic carbocycles. The number of likely N-dealkylation sites (tertiary alicyclic amines) is 1. The lowest BCUT2D eigenvalue weighted by molar-refractivity contribution is -0.123. The zero-order valence-electron chi connectivity index (χ0n) is 12.9. The van der Waals surface area contributed by atoms with E-state index >= 15 is 0 Å². The van der Waals surface area contributed by atoms with Gasteiger partial charge in [-0.2, -0.15) is 0 Å². The summed E-state index contributed by atoms with van der Waals surface area (Å²) in [5.74, 6) is 0.00927. The van der Waals surface area contributed by atoms with Gasteiger partial charge in [0.25, 0.3) is 0 Å². The van der Waals surface area contributed by atoms with Crippen molar-refractivity contribution in [1.82, 2.24) is 10.2 Å². The van der Waals surface area contributed by atoms with Gasteiger partial charge in [-0.1, -0.05) is 50.1 Å². The highest BCUT2D eigenvalue weighted by atomic mass is 16.2. The first-order valence-corrected chi connectivity index (χ1v) is 8.01. The Bertz CT molecular complexity index is 435. The number of carbonyl (C=O) groups is 1. The van der Waals surface area contributed by atoms with E-state index in [0.29, 0.717) is 0 Å². The summed E-state index contributed by atoms with van der Waals surface area (Å²) in [6.45, 7) is 5.02. The van der Waals surface area contributed by atoms with Crippen LogP contribution in [0.2, 0.25) is 0 Å². The van der Waals surface area contributed by atoms with Gasteiger partial charge in [-0.15, -0.1) is 0 Å². The summed E-state index contributed by atoms with van der Waals surface area (Å²) >= 11 is 0. The minimum Gasteiger partial charge on any atom is -0.351 e. The number of benzene rings is 1. The topological polar surface area (TPSA) is 58.4 Å². The lowest BCUT2D eigenvalue weighted by atomic mass is 10.1. The predicted molar refractivity (Wildman–Crippen MR) is 85.8 cm³/mol. The molecule has 1 aliphatic rings. The molecule has 0 spiro atoms. The van der Waals surface area contributed by atoms with Crippen molar-refractivity contribution in [3.8, 4) is 0 Å². The third-order valence-electron chi connectivity index (χ3n) is 4.07. The van der Waals surface area contributed by atoms with E-state index in [4.69, 9.17) is 5.73 Å². The van der Waals surface area contributed by atoms with E-state index in [1.807, 2.05) is 6.07 Å². The second-order valence-electron chi connectivity index (χ2n) is 5.96. The standard InChI is InChI=1S/C17H27N3O/c1-2-3-9-16(18)17(21)19-15-10-11-20(13-15)12-14-7-5-4-6-8-14/h4-8,15-16H,2-3,9-13,18H2,1H3,(H,19,21). The van der Waals surface area contributed by atoms with E-state index in [9.17, 15) is 4.79 Å². The number of nitrogens with two attached hydrogens (primary N) is 1. The third-order valence-corrected chi connectivity index (χ3v) is 4.07. The van der Waals surface area contributed by atoms with Gasteiger partial charge in [0, 0.05) is 25.7 Å². The first-order chi connectivity index (χ1) is 10.2. The quantitative estimate of drug-likeness (QED) is 0.806. The Morgan fingerprint density at radius 3 is 2.90 bits per heavy atom. The largest absolute Gasteiger partial charge is 0.351 e. The van der Waals surface area contributed by atoms with E-state index in [-0.39, 0.29) is 18.0 Å². The molecule has 116 valence electrons. The van der Waals surface area contributed by atoms with Gasteiger partial charge in [-0.3, -0.25) is 9.69 Å². The van der Waals surface area contributed by atoms with Gasteiger partial charge in [0.05, 0.1) is 6.04 Å². The van der Waals surface area contributed by atoms with Gasteiger partial charge in [-0.05, 0) is 18.4 Å². The second kappa shape index (κ2) is 8.15. The zero-order valence-corrected chi connectivity index (χ0v) is 12.9. The van der Waals surface area contributed by atoms with Crippen LogP contribution in [0.3, 0.4) is 0 Å². The molecule has 2 atom stereocenters. The lowest BCUT2D eigenvalue weighted by Crippen LogP contribution is -2.46. The molecule has 2 unspecified atom stereocenters. The molecule has 1 amide bonds. The number of hydrogen-bond donors (Lipinski definition) is 2. The molecular weight excluding hydrogens is 262 g/mol. The summed E-state index contributed by atoms with van der Waals surface area (Å²) in [5, 5.41) is 3.10. The van der Waals surface area contributed by atoms with Crippen molar-refractivity contribution in [3.05, 3.63) is 35.9 Å².